The van der Waals surface area contributed by atoms with Gasteiger partial charge in [0.15, 0.2) is 0 Å². The standard InChI is InChI=1S/C62H47N/c1-6-16-47(17-7-1)49-29-33-56(34-30-49)61(53-20-10-3-11-21-53)44-46-26-43-60(62(45-46)54-22-12-4-13-23-54)55-31-27-50(28-32-55)52-37-41-59(42-38-52)63(57-24-14-5-15-25-57)58-39-35-51(36-40-58)48-18-8-2-9-19-48/h1-43,45,61H,44H2. The highest BCUT2D eigenvalue weighted by Crippen LogP contribution is 2.39. The highest BCUT2D eigenvalue weighted by molar-refractivity contribution is 5.85. The Balaban J connectivity index is 0.930. The van der Waals surface area contributed by atoms with Crippen molar-refractivity contribution in [1.82, 2.24) is 0 Å². The lowest BCUT2D eigenvalue weighted by Gasteiger charge is -2.26. The van der Waals surface area contributed by atoms with Crippen LogP contribution in [0.4, 0.5) is 17.1 Å². The Morgan fingerprint density at radius 2 is 0.587 bits per heavy atom. The Bertz CT molecular complexity index is 3000. The molecule has 0 aliphatic rings. The molecule has 1 unspecified atom stereocenters. The summed E-state index contributed by atoms with van der Waals surface area (Å²) in [6, 6.07) is 96.6. The monoisotopic (exact) mass is 805 g/mol. The summed E-state index contributed by atoms with van der Waals surface area (Å²) < 4.78 is 0. The predicted molar refractivity (Wildman–Crippen MR) is 267 cm³/mol. The highest BCUT2D eigenvalue weighted by atomic mass is 15.1. The molecule has 300 valence electrons. The number of anilines is 3. The van der Waals surface area contributed by atoms with Crippen molar-refractivity contribution in [3.8, 4) is 55.6 Å². The molecule has 0 radical (unpaired) electrons. The minimum Gasteiger partial charge on any atom is -0.311 e. The second-order valence-corrected chi connectivity index (χ2v) is 16.1. The van der Waals surface area contributed by atoms with E-state index in [9.17, 15) is 0 Å². The molecule has 0 amide bonds. The Kier molecular flexibility index (Phi) is 11.4. The lowest BCUT2D eigenvalue weighted by molar-refractivity contribution is 0.805. The minimum atomic E-state index is 0.219. The number of nitrogens with zero attached hydrogens (tertiary/aromatic N) is 1. The lowest BCUT2D eigenvalue weighted by atomic mass is 9.83. The van der Waals surface area contributed by atoms with Crippen LogP contribution in [0.25, 0.3) is 55.6 Å². The van der Waals surface area contributed by atoms with Crippen LogP contribution in [0.2, 0.25) is 0 Å². The van der Waals surface area contributed by atoms with Gasteiger partial charge in [0, 0.05) is 23.0 Å². The van der Waals surface area contributed by atoms with Crippen LogP contribution < -0.4 is 4.90 Å². The predicted octanol–water partition coefficient (Wildman–Crippen LogP) is 16.9. The molecule has 0 saturated heterocycles. The van der Waals surface area contributed by atoms with Gasteiger partial charge in [0.05, 0.1) is 0 Å². The molecule has 0 saturated carbocycles. The molecule has 0 N–H and O–H groups in total. The van der Waals surface area contributed by atoms with Crippen molar-refractivity contribution in [2.75, 3.05) is 4.90 Å². The number of hydrogen-bond acceptors (Lipinski definition) is 1. The molecule has 63 heavy (non-hydrogen) atoms. The van der Waals surface area contributed by atoms with Crippen molar-refractivity contribution < 1.29 is 0 Å². The van der Waals surface area contributed by atoms with E-state index in [1.165, 1.54) is 72.3 Å². The van der Waals surface area contributed by atoms with Gasteiger partial charge in [-0.15, -0.1) is 0 Å². The minimum absolute atomic E-state index is 0.219. The third-order valence-electron chi connectivity index (χ3n) is 12.1. The van der Waals surface area contributed by atoms with Crippen molar-refractivity contribution in [2.45, 2.75) is 12.3 Å². The molecule has 0 fully saturated rings. The molecular formula is C62H47N. The number of hydrogen-bond donors (Lipinski definition) is 0. The van der Waals surface area contributed by atoms with Crippen LogP contribution >= 0.6 is 0 Å². The fourth-order valence-corrected chi connectivity index (χ4v) is 8.82. The quantitative estimate of drug-likeness (QED) is 0.119. The molecule has 0 heterocycles. The molecule has 0 spiro atoms. The van der Waals surface area contributed by atoms with Gasteiger partial charge < -0.3 is 4.90 Å². The molecule has 10 rings (SSSR count). The van der Waals surface area contributed by atoms with Gasteiger partial charge in [-0.1, -0.05) is 231 Å². The summed E-state index contributed by atoms with van der Waals surface area (Å²) in [5.74, 6) is 0.219. The normalized spacial score (nSPS) is 11.5. The van der Waals surface area contributed by atoms with Crippen LogP contribution in [-0.2, 0) is 6.42 Å². The van der Waals surface area contributed by atoms with Crippen LogP contribution in [-0.4, -0.2) is 0 Å². The Labute approximate surface area is 371 Å². The maximum atomic E-state index is 2.42. The van der Waals surface area contributed by atoms with E-state index in [4.69, 9.17) is 0 Å². The Morgan fingerprint density at radius 3 is 1.08 bits per heavy atom. The SMILES string of the molecule is c1ccc(-c2ccc(C(Cc3ccc(-c4ccc(-c5ccc(N(c6ccccc6)c6ccc(-c7ccccc7)cc6)cc5)cc4)c(-c4ccccc4)c3)c3ccccc3)cc2)cc1. The Morgan fingerprint density at radius 1 is 0.254 bits per heavy atom. The van der Waals surface area contributed by atoms with Crippen LogP contribution in [0.5, 0.6) is 0 Å². The Hall–Kier alpha value is -8.00. The summed E-state index contributed by atoms with van der Waals surface area (Å²) in [4.78, 5) is 2.32. The van der Waals surface area contributed by atoms with Gasteiger partial charge >= 0.3 is 0 Å². The summed E-state index contributed by atoms with van der Waals surface area (Å²) in [6.07, 6.45) is 0.893. The van der Waals surface area contributed by atoms with Crippen molar-refractivity contribution in [1.29, 1.82) is 0 Å². The maximum absolute atomic E-state index is 2.42. The highest BCUT2D eigenvalue weighted by Gasteiger charge is 2.18. The van der Waals surface area contributed by atoms with E-state index in [2.05, 4.69) is 272 Å². The largest absolute Gasteiger partial charge is 0.311 e. The summed E-state index contributed by atoms with van der Waals surface area (Å²) >= 11 is 0. The van der Waals surface area contributed by atoms with E-state index in [0.29, 0.717) is 0 Å². The first kappa shape index (κ1) is 39.2. The number of rotatable bonds is 12. The average molecular weight is 806 g/mol. The first-order chi connectivity index (χ1) is 31.2. The molecule has 1 heteroatoms. The van der Waals surface area contributed by atoms with E-state index < -0.39 is 0 Å². The van der Waals surface area contributed by atoms with E-state index in [1.54, 1.807) is 0 Å². The third-order valence-corrected chi connectivity index (χ3v) is 12.1. The summed E-state index contributed by atoms with van der Waals surface area (Å²) in [7, 11) is 0. The molecule has 1 atom stereocenters. The topological polar surface area (TPSA) is 3.24 Å². The molecule has 10 aromatic carbocycles. The van der Waals surface area contributed by atoms with Gasteiger partial charge in [0.1, 0.15) is 0 Å². The third kappa shape index (κ3) is 8.77. The van der Waals surface area contributed by atoms with Crippen LogP contribution in [0, 0.1) is 0 Å². The molecule has 0 aliphatic carbocycles. The maximum Gasteiger partial charge on any atom is 0.0462 e. The fourth-order valence-electron chi connectivity index (χ4n) is 8.82. The first-order valence-electron chi connectivity index (χ1n) is 21.8. The van der Waals surface area contributed by atoms with Gasteiger partial charge in [-0.05, 0) is 115 Å². The fraction of sp³-hybridized carbons (Fsp3) is 0.0323. The molecule has 0 bridgehead atoms. The van der Waals surface area contributed by atoms with Crippen LogP contribution in [0.15, 0.2) is 267 Å². The zero-order valence-corrected chi connectivity index (χ0v) is 35.1. The number of para-hydroxylation sites is 1. The zero-order valence-electron chi connectivity index (χ0n) is 35.1. The van der Waals surface area contributed by atoms with Gasteiger partial charge in [0.25, 0.3) is 0 Å². The summed E-state index contributed by atoms with van der Waals surface area (Å²) in [5.41, 5.74) is 19.5. The molecule has 0 aliphatic heterocycles. The average Bonchev–Trinajstić information content (AvgIpc) is 3.38. The second kappa shape index (κ2) is 18.3. The molecule has 10 aromatic rings. The second-order valence-electron chi connectivity index (χ2n) is 16.1. The van der Waals surface area contributed by atoms with E-state index in [1.807, 2.05) is 0 Å². The molecule has 0 aromatic heterocycles. The van der Waals surface area contributed by atoms with Crippen LogP contribution in [0.3, 0.4) is 0 Å². The lowest BCUT2D eigenvalue weighted by Crippen LogP contribution is -2.09. The van der Waals surface area contributed by atoms with Crippen LogP contribution in [0.1, 0.15) is 22.6 Å². The van der Waals surface area contributed by atoms with Crippen molar-refractivity contribution in [3.05, 3.63) is 284 Å². The van der Waals surface area contributed by atoms with Gasteiger partial charge in [0.2, 0.25) is 0 Å². The van der Waals surface area contributed by atoms with Gasteiger partial charge in [-0.2, -0.15) is 0 Å². The summed E-state index contributed by atoms with van der Waals surface area (Å²) in [6.45, 7) is 0. The van der Waals surface area contributed by atoms with E-state index in [-0.39, 0.29) is 5.92 Å². The van der Waals surface area contributed by atoms with E-state index in [0.717, 1.165) is 23.5 Å². The summed E-state index contributed by atoms with van der Waals surface area (Å²) in [5, 5.41) is 0. The zero-order chi connectivity index (χ0) is 42.2. The van der Waals surface area contributed by atoms with Crippen molar-refractivity contribution in [2.24, 2.45) is 0 Å². The van der Waals surface area contributed by atoms with E-state index >= 15 is 0 Å². The van der Waals surface area contributed by atoms with Gasteiger partial charge in [-0.3, -0.25) is 0 Å². The van der Waals surface area contributed by atoms with Crippen molar-refractivity contribution in [3.63, 3.8) is 0 Å². The first-order valence-corrected chi connectivity index (χ1v) is 21.8. The smallest absolute Gasteiger partial charge is 0.0462 e. The van der Waals surface area contributed by atoms with Gasteiger partial charge in [-0.25, -0.2) is 0 Å². The number of benzene rings is 10. The molecular weight excluding hydrogens is 759 g/mol. The van der Waals surface area contributed by atoms with Crippen molar-refractivity contribution >= 4 is 17.1 Å². The molecule has 1 nitrogen and oxygen atoms in total.